The second kappa shape index (κ2) is 17.0. The molecule has 3 rings (SSSR count). The van der Waals surface area contributed by atoms with Gasteiger partial charge in [0, 0.05) is 26.2 Å². The molecule has 2 aromatic rings. The number of nitrogens with zero attached hydrogens (tertiary/aromatic N) is 2. The zero-order valence-corrected chi connectivity index (χ0v) is 28.3. The second-order valence-corrected chi connectivity index (χ2v) is 12.8. The Morgan fingerprint density at radius 3 is 2.26 bits per heavy atom. The number of hydrogen-bond acceptors (Lipinski definition) is 8. The van der Waals surface area contributed by atoms with Gasteiger partial charge in [0.05, 0.1) is 13.7 Å². The van der Waals surface area contributed by atoms with Crippen molar-refractivity contribution in [3.05, 3.63) is 65.2 Å². The number of amides is 3. The first-order valence-corrected chi connectivity index (χ1v) is 16.0. The van der Waals surface area contributed by atoms with Crippen molar-refractivity contribution < 1.29 is 33.4 Å². The fourth-order valence-corrected chi connectivity index (χ4v) is 5.51. The molecule has 252 valence electrons. The molecule has 0 radical (unpaired) electrons. The minimum Gasteiger partial charge on any atom is -0.497 e. The van der Waals surface area contributed by atoms with E-state index in [1.54, 1.807) is 34.8 Å². The van der Waals surface area contributed by atoms with Gasteiger partial charge in [0.2, 0.25) is 11.8 Å². The van der Waals surface area contributed by atoms with Crippen LogP contribution in [0.2, 0.25) is 0 Å². The largest absolute Gasteiger partial charge is 0.497 e. The van der Waals surface area contributed by atoms with Crippen LogP contribution in [-0.4, -0.2) is 85.2 Å². The van der Waals surface area contributed by atoms with Gasteiger partial charge in [0.25, 0.3) is 0 Å². The number of esters is 1. The molecule has 11 nitrogen and oxygen atoms in total. The molecule has 2 aromatic carbocycles. The lowest BCUT2D eigenvalue weighted by atomic mass is 9.94. The minimum atomic E-state index is -0.916. The molecule has 2 atom stereocenters. The highest BCUT2D eigenvalue weighted by molar-refractivity contribution is 5.92. The lowest BCUT2D eigenvalue weighted by molar-refractivity contribution is -0.147. The number of ether oxygens (including phenoxy) is 3. The van der Waals surface area contributed by atoms with Crippen molar-refractivity contribution in [2.45, 2.75) is 78.6 Å². The van der Waals surface area contributed by atoms with Gasteiger partial charge in [-0.2, -0.15) is 0 Å². The first-order chi connectivity index (χ1) is 21.8. The second-order valence-electron chi connectivity index (χ2n) is 12.8. The van der Waals surface area contributed by atoms with Gasteiger partial charge < -0.3 is 29.7 Å². The van der Waals surface area contributed by atoms with Crippen LogP contribution in [0.15, 0.2) is 48.5 Å². The van der Waals surface area contributed by atoms with Crippen LogP contribution in [0.4, 0.5) is 4.79 Å². The third-order valence-electron chi connectivity index (χ3n) is 7.58. The summed E-state index contributed by atoms with van der Waals surface area (Å²) in [5.41, 5.74) is 2.44. The van der Waals surface area contributed by atoms with Crippen molar-refractivity contribution in [2.24, 2.45) is 5.92 Å². The fraction of sp³-hybridized carbons (Fsp3) is 0.543. The van der Waals surface area contributed by atoms with Crippen molar-refractivity contribution in [3.63, 3.8) is 0 Å². The van der Waals surface area contributed by atoms with Crippen LogP contribution in [0, 0.1) is 5.92 Å². The standard InChI is InChI=1S/C35H50N4O7/c1-8-45-30(40)22-37-32(41)29(21-24(2)3)39(20-18-36-34(43)46-35(4,5)6)33(42)31(26-13-15-28(44-7)16-14-26)38-19-17-25-11-9-10-12-27(25)23-38/h9-16,24,29,31H,8,17-23H2,1-7H3,(H,36,43)(H,37,41)/t29-,31?/m0/s1. The maximum atomic E-state index is 14.9. The van der Waals surface area contributed by atoms with Crippen LogP contribution in [0.1, 0.15) is 70.7 Å². The Morgan fingerprint density at radius 2 is 1.65 bits per heavy atom. The normalized spacial score (nSPS) is 14.4. The smallest absolute Gasteiger partial charge is 0.407 e. The highest BCUT2D eigenvalue weighted by atomic mass is 16.6. The fourth-order valence-electron chi connectivity index (χ4n) is 5.51. The number of methoxy groups -OCH3 is 1. The summed E-state index contributed by atoms with van der Waals surface area (Å²) in [6, 6.07) is 13.9. The van der Waals surface area contributed by atoms with Gasteiger partial charge in [-0.3, -0.25) is 19.3 Å². The summed E-state index contributed by atoms with van der Waals surface area (Å²) in [7, 11) is 1.59. The van der Waals surface area contributed by atoms with Crippen molar-refractivity contribution in [1.29, 1.82) is 0 Å². The SMILES string of the molecule is CCOC(=O)CNC(=O)[C@H](CC(C)C)N(CCNC(=O)OC(C)(C)C)C(=O)C(c1ccc(OC)cc1)N1CCc2ccccc2C1. The third kappa shape index (κ3) is 10.8. The molecule has 46 heavy (non-hydrogen) atoms. The Bertz CT molecular complexity index is 1320. The third-order valence-corrected chi connectivity index (χ3v) is 7.58. The molecule has 1 unspecified atom stereocenters. The number of fused-ring (bicyclic) bond motifs is 1. The molecule has 0 aliphatic carbocycles. The van der Waals surface area contributed by atoms with Gasteiger partial charge in [0.1, 0.15) is 30.0 Å². The molecular formula is C35H50N4O7. The van der Waals surface area contributed by atoms with E-state index in [1.165, 1.54) is 10.5 Å². The summed E-state index contributed by atoms with van der Waals surface area (Å²) in [5, 5.41) is 5.41. The first kappa shape index (κ1) is 36.3. The molecule has 1 aliphatic heterocycles. The van der Waals surface area contributed by atoms with Gasteiger partial charge in [-0.05, 0) is 75.3 Å². The minimum absolute atomic E-state index is 0.0359. The van der Waals surface area contributed by atoms with Crippen LogP contribution in [0.25, 0.3) is 0 Å². The molecule has 0 saturated heterocycles. The molecule has 0 spiro atoms. The van der Waals surface area contributed by atoms with E-state index in [1.807, 2.05) is 50.2 Å². The zero-order chi connectivity index (χ0) is 33.9. The number of nitrogens with one attached hydrogen (secondary N) is 2. The highest BCUT2D eigenvalue weighted by Gasteiger charge is 2.38. The van der Waals surface area contributed by atoms with Gasteiger partial charge in [0.15, 0.2) is 0 Å². The summed E-state index contributed by atoms with van der Waals surface area (Å²) >= 11 is 0. The average Bonchev–Trinajstić information content (AvgIpc) is 3.00. The van der Waals surface area contributed by atoms with Crippen molar-refractivity contribution in [3.8, 4) is 5.75 Å². The van der Waals surface area contributed by atoms with Crippen molar-refractivity contribution in [2.75, 3.05) is 39.9 Å². The van der Waals surface area contributed by atoms with Crippen LogP contribution in [0.3, 0.4) is 0 Å². The van der Waals surface area contributed by atoms with Crippen LogP contribution < -0.4 is 15.4 Å². The molecule has 0 saturated carbocycles. The summed E-state index contributed by atoms with van der Waals surface area (Å²) in [4.78, 5) is 57.0. The number of hydrogen-bond donors (Lipinski definition) is 2. The Morgan fingerprint density at radius 1 is 0.978 bits per heavy atom. The predicted octanol–water partition coefficient (Wildman–Crippen LogP) is 4.24. The molecule has 1 heterocycles. The lowest BCUT2D eigenvalue weighted by Gasteiger charge is -2.40. The average molecular weight is 639 g/mol. The molecule has 0 aromatic heterocycles. The van der Waals surface area contributed by atoms with E-state index in [2.05, 4.69) is 27.7 Å². The zero-order valence-electron chi connectivity index (χ0n) is 28.3. The van der Waals surface area contributed by atoms with Crippen molar-refractivity contribution >= 4 is 23.9 Å². The number of benzene rings is 2. The van der Waals surface area contributed by atoms with E-state index in [0.29, 0.717) is 25.3 Å². The van der Waals surface area contributed by atoms with E-state index in [4.69, 9.17) is 14.2 Å². The van der Waals surface area contributed by atoms with E-state index >= 15 is 0 Å². The molecule has 0 fully saturated rings. The van der Waals surface area contributed by atoms with Gasteiger partial charge in [-0.15, -0.1) is 0 Å². The Labute approximate surface area is 272 Å². The predicted molar refractivity (Wildman–Crippen MR) is 175 cm³/mol. The molecule has 1 aliphatic rings. The monoisotopic (exact) mass is 638 g/mol. The van der Waals surface area contributed by atoms with Crippen LogP contribution in [0.5, 0.6) is 5.75 Å². The maximum Gasteiger partial charge on any atom is 0.407 e. The highest BCUT2D eigenvalue weighted by Crippen LogP contribution is 2.32. The number of alkyl carbamates (subject to hydrolysis) is 1. The Hall–Kier alpha value is -4.12. The molecule has 2 N–H and O–H groups in total. The van der Waals surface area contributed by atoms with E-state index in [0.717, 1.165) is 17.5 Å². The van der Waals surface area contributed by atoms with Gasteiger partial charge >= 0.3 is 12.1 Å². The van der Waals surface area contributed by atoms with E-state index in [-0.39, 0.29) is 38.1 Å². The Kier molecular flexibility index (Phi) is 13.4. The Balaban J connectivity index is 2.01. The maximum absolute atomic E-state index is 14.9. The van der Waals surface area contributed by atoms with E-state index in [9.17, 15) is 19.2 Å². The van der Waals surface area contributed by atoms with Gasteiger partial charge in [-0.25, -0.2) is 4.79 Å². The summed E-state index contributed by atoms with van der Waals surface area (Å²) in [6.07, 6.45) is 0.489. The number of rotatable bonds is 14. The number of carbonyl (C=O) groups is 4. The van der Waals surface area contributed by atoms with Crippen molar-refractivity contribution in [1.82, 2.24) is 20.4 Å². The van der Waals surface area contributed by atoms with E-state index < -0.39 is 35.7 Å². The summed E-state index contributed by atoms with van der Waals surface area (Å²) in [6.45, 7) is 12.1. The van der Waals surface area contributed by atoms with Crippen LogP contribution in [-0.2, 0) is 36.8 Å². The molecule has 3 amide bonds. The molecular weight excluding hydrogens is 588 g/mol. The van der Waals surface area contributed by atoms with Crippen LogP contribution >= 0.6 is 0 Å². The quantitative estimate of drug-likeness (QED) is 0.295. The topological polar surface area (TPSA) is 127 Å². The molecule has 11 heteroatoms. The lowest BCUT2D eigenvalue weighted by Crippen LogP contribution is -2.56. The first-order valence-electron chi connectivity index (χ1n) is 16.0. The summed E-state index contributed by atoms with van der Waals surface area (Å²) in [5.74, 6) is -0.619. The van der Waals surface area contributed by atoms with Gasteiger partial charge in [-0.1, -0.05) is 50.2 Å². The molecule has 0 bridgehead atoms. The summed E-state index contributed by atoms with van der Waals surface area (Å²) < 4.78 is 15.8. The number of carbonyl (C=O) groups excluding carboxylic acids is 4.